The van der Waals surface area contributed by atoms with E-state index in [2.05, 4.69) is 66.0 Å². The van der Waals surface area contributed by atoms with Gasteiger partial charge in [0.1, 0.15) is 0 Å². The van der Waals surface area contributed by atoms with Crippen molar-refractivity contribution >= 4 is 15.9 Å². The number of nitrogens with zero attached hydrogens (tertiary/aromatic N) is 1. The van der Waals surface area contributed by atoms with Crippen LogP contribution in [0.1, 0.15) is 38.7 Å². The summed E-state index contributed by atoms with van der Waals surface area (Å²) in [5.41, 5.74) is 7.14. The minimum atomic E-state index is 0.339. The van der Waals surface area contributed by atoms with Crippen LogP contribution in [0.2, 0.25) is 0 Å². The maximum atomic E-state index is 5.78. The largest absolute Gasteiger partial charge is 0.328 e. The zero-order valence-corrected chi connectivity index (χ0v) is 14.0. The van der Waals surface area contributed by atoms with Crippen molar-refractivity contribution in [3.05, 3.63) is 34.3 Å². The van der Waals surface area contributed by atoms with E-state index in [4.69, 9.17) is 5.73 Å². The highest BCUT2D eigenvalue weighted by molar-refractivity contribution is 9.10. The maximum absolute atomic E-state index is 5.78. The van der Waals surface area contributed by atoms with Gasteiger partial charge in [-0.25, -0.2) is 0 Å². The summed E-state index contributed by atoms with van der Waals surface area (Å²) in [7, 11) is 2.20. The van der Waals surface area contributed by atoms with Gasteiger partial charge in [-0.3, -0.25) is 0 Å². The summed E-state index contributed by atoms with van der Waals surface area (Å²) >= 11 is 3.52. The Morgan fingerprint density at radius 3 is 2.63 bits per heavy atom. The Morgan fingerprint density at radius 1 is 1.26 bits per heavy atom. The van der Waals surface area contributed by atoms with E-state index in [0.29, 0.717) is 6.04 Å². The molecule has 0 radical (unpaired) electrons. The second kappa shape index (κ2) is 8.72. The SMILES string of the molecule is CC(N)CCCC(C)CN(C)Cc1cccc(Br)c1. The van der Waals surface area contributed by atoms with Gasteiger partial charge in [0.15, 0.2) is 0 Å². The minimum Gasteiger partial charge on any atom is -0.328 e. The summed E-state index contributed by atoms with van der Waals surface area (Å²) in [4.78, 5) is 2.40. The van der Waals surface area contributed by atoms with E-state index in [0.717, 1.165) is 29.9 Å². The highest BCUT2D eigenvalue weighted by Crippen LogP contribution is 2.15. The molecule has 2 N–H and O–H groups in total. The van der Waals surface area contributed by atoms with Crippen LogP contribution in [0.3, 0.4) is 0 Å². The van der Waals surface area contributed by atoms with Crippen molar-refractivity contribution in [3.8, 4) is 0 Å². The molecule has 2 atom stereocenters. The Balaban J connectivity index is 2.28. The Morgan fingerprint density at radius 2 is 2.00 bits per heavy atom. The number of benzene rings is 1. The molecular formula is C16H27BrN2. The minimum absolute atomic E-state index is 0.339. The molecule has 1 aromatic carbocycles. The van der Waals surface area contributed by atoms with Crippen LogP contribution in [-0.2, 0) is 6.54 Å². The van der Waals surface area contributed by atoms with E-state index in [1.165, 1.54) is 18.4 Å². The first-order valence-corrected chi connectivity index (χ1v) is 7.95. The maximum Gasteiger partial charge on any atom is 0.0231 e. The summed E-state index contributed by atoms with van der Waals surface area (Å²) < 4.78 is 1.16. The first kappa shape index (κ1) is 16.7. The molecule has 1 rings (SSSR count). The summed E-state index contributed by atoms with van der Waals surface area (Å²) in [6.07, 6.45) is 3.65. The van der Waals surface area contributed by atoms with Gasteiger partial charge in [-0.15, -0.1) is 0 Å². The Hall–Kier alpha value is -0.380. The molecule has 0 saturated carbocycles. The Bertz CT molecular complexity index is 366. The third kappa shape index (κ3) is 7.71. The van der Waals surface area contributed by atoms with Crippen LogP contribution in [0.25, 0.3) is 0 Å². The number of nitrogens with two attached hydrogens (primary N) is 1. The summed E-state index contributed by atoms with van der Waals surface area (Å²) in [6.45, 7) is 6.57. The molecule has 0 aliphatic heterocycles. The monoisotopic (exact) mass is 326 g/mol. The van der Waals surface area contributed by atoms with E-state index in [1.807, 2.05) is 0 Å². The van der Waals surface area contributed by atoms with Crippen LogP contribution in [0, 0.1) is 5.92 Å². The molecule has 0 aliphatic rings. The molecule has 2 unspecified atom stereocenters. The van der Waals surface area contributed by atoms with Gasteiger partial charge in [-0.2, -0.15) is 0 Å². The van der Waals surface area contributed by atoms with Crippen LogP contribution in [0.4, 0.5) is 0 Å². The van der Waals surface area contributed by atoms with E-state index in [-0.39, 0.29) is 0 Å². The molecule has 0 aromatic heterocycles. The van der Waals surface area contributed by atoms with Gasteiger partial charge in [0.25, 0.3) is 0 Å². The van der Waals surface area contributed by atoms with Crippen LogP contribution in [0.15, 0.2) is 28.7 Å². The lowest BCUT2D eigenvalue weighted by atomic mass is 10.0. The van der Waals surface area contributed by atoms with E-state index in [9.17, 15) is 0 Å². The van der Waals surface area contributed by atoms with Gasteiger partial charge in [0.2, 0.25) is 0 Å². The topological polar surface area (TPSA) is 29.3 Å². The molecule has 108 valence electrons. The van der Waals surface area contributed by atoms with E-state index < -0.39 is 0 Å². The normalized spacial score (nSPS) is 14.6. The molecule has 2 nitrogen and oxygen atoms in total. The zero-order chi connectivity index (χ0) is 14.3. The van der Waals surface area contributed by atoms with Gasteiger partial charge >= 0.3 is 0 Å². The molecule has 0 aliphatic carbocycles. The first-order chi connectivity index (χ1) is 8.97. The molecule has 0 fully saturated rings. The van der Waals surface area contributed by atoms with Crippen LogP contribution >= 0.6 is 15.9 Å². The smallest absolute Gasteiger partial charge is 0.0231 e. The number of rotatable bonds is 8. The van der Waals surface area contributed by atoms with Crippen molar-refractivity contribution in [1.82, 2.24) is 4.90 Å². The van der Waals surface area contributed by atoms with Crippen molar-refractivity contribution < 1.29 is 0 Å². The molecule has 0 spiro atoms. The molecule has 19 heavy (non-hydrogen) atoms. The summed E-state index contributed by atoms with van der Waals surface area (Å²) in [6, 6.07) is 8.88. The summed E-state index contributed by atoms with van der Waals surface area (Å²) in [5.74, 6) is 0.732. The first-order valence-electron chi connectivity index (χ1n) is 7.16. The highest BCUT2D eigenvalue weighted by atomic mass is 79.9. The van der Waals surface area contributed by atoms with E-state index in [1.54, 1.807) is 0 Å². The van der Waals surface area contributed by atoms with Crippen LogP contribution in [-0.4, -0.2) is 24.5 Å². The van der Waals surface area contributed by atoms with Gasteiger partial charge in [0, 0.05) is 23.6 Å². The third-order valence-corrected chi connectivity index (χ3v) is 3.81. The quantitative estimate of drug-likeness (QED) is 0.781. The summed E-state index contributed by atoms with van der Waals surface area (Å²) in [5, 5.41) is 0. The van der Waals surface area contributed by atoms with Gasteiger partial charge in [-0.05, 0) is 50.4 Å². The van der Waals surface area contributed by atoms with Crippen molar-refractivity contribution in [1.29, 1.82) is 0 Å². The number of halogens is 1. The molecule has 0 saturated heterocycles. The lowest BCUT2D eigenvalue weighted by Crippen LogP contribution is -2.24. The fourth-order valence-electron chi connectivity index (χ4n) is 2.42. The molecule has 0 heterocycles. The lowest BCUT2D eigenvalue weighted by Gasteiger charge is -2.21. The molecule has 1 aromatic rings. The molecule has 3 heteroatoms. The predicted molar refractivity (Wildman–Crippen MR) is 87.1 cm³/mol. The van der Waals surface area contributed by atoms with Crippen molar-refractivity contribution in [2.24, 2.45) is 11.7 Å². The second-order valence-corrected chi connectivity index (χ2v) is 6.76. The molecule has 0 amide bonds. The van der Waals surface area contributed by atoms with Crippen molar-refractivity contribution in [2.75, 3.05) is 13.6 Å². The number of hydrogen-bond acceptors (Lipinski definition) is 2. The second-order valence-electron chi connectivity index (χ2n) is 5.84. The molecule has 0 bridgehead atoms. The Labute approximate surface area is 126 Å². The zero-order valence-electron chi connectivity index (χ0n) is 12.4. The predicted octanol–water partition coefficient (Wildman–Crippen LogP) is 4.03. The van der Waals surface area contributed by atoms with Gasteiger partial charge < -0.3 is 10.6 Å². The lowest BCUT2D eigenvalue weighted by molar-refractivity contribution is 0.267. The van der Waals surface area contributed by atoms with Crippen LogP contribution in [0.5, 0.6) is 0 Å². The van der Waals surface area contributed by atoms with Crippen molar-refractivity contribution in [2.45, 2.75) is 45.7 Å². The average Bonchev–Trinajstić information content (AvgIpc) is 2.27. The van der Waals surface area contributed by atoms with Gasteiger partial charge in [0.05, 0.1) is 0 Å². The van der Waals surface area contributed by atoms with Gasteiger partial charge in [-0.1, -0.05) is 41.4 Å². The number of hydrogen-bond donors (Lipinski definition) is 1. The van der Waals surface area contributed by atoms with Crippen molar-refractivity contribution in [3.63, 3.8) is 0 Å². The van der Waals surface area contributed by atoms with E-state index >= 15 is 0 Å². The average molecular weight is 327 g/mol. The fraction of sp³-hybridized carbons (Fsp3) is 0.625. The van der Waals surface area contributed by atoms with Crippen LogP contribution < -0.4 is 5.73 Å². The molecular weight excluding hydrogens is 300 g/mol. The third-order valence-electron chi connectivity index (χ3n) is 3.32. The highest BCUT2D eigenvalue weighted by Gasteiger charge is 2.07. The fourth-order valence-corrected chi connectivity index (χ4v) is 2.87. The standard InChI is InChI=1S/C16H27BrN2/c1-13(6-4-7-14(2)18)11-19(3)12-15-8-5-9-16(17)10-15/h5,8-10,13-14H,4,6-7,11-12,18H2,1-3H3. The Kier molecular flexibility index (Phi) is 7.66.